The Bertz CT molecular complexity index is 382. The molecule has 16 heavy (non-hydrogen) atoms. The van der Waals surface area contributed by atoms with E-state index in [2.05, 4.69) is 14.9 Å². The highest BCUT2D eigenvalue weighted by Gasteiger charge is 2.20. The predicted octanol–water partition coefficient (Wildman–Crippen LogP) is 1.19. The standard InChI is InChI=1S/C9H18N4O2S/c1-3-7-13(8-4-2)16(14,15)12-9-5-6-10-11-9/h5-6H,3-4,7-8H2,1-2H3,(H2,10,11,12). The predicted molar refractivity (Wildman–Crippen MR) is 63.3 cm³/mol. The van der Waals surface area contributed by atoms with Crippen molar-refractivity contribution in [3.8, 4) is 0 Å². The minimum Gasteiger partial charge on any atom is -0.262 e. The molecule has 0 aromatic carbocycles. The van der Waals surface area contributed by atoms with Gasteiger partial charge in [-0.15, -0.1) is 0 Å². The van der Waals surface area contributed by atoms with Crippen LogP contribution in [0.15, 0.2) is 12.3 Å². The summed E-state index contributed by atoms with van der Waals surface area (Å²) in [4.78, 5) is 0. The Hall–Kier alpha value is -1.08. The van der Waals surface area contributed by atoms with Crippen LogP contribution >= 0.6 is 0 Å². The van der Waals surface area contributed by atoms with Crippen molar-refractivity contribution in [1.82, 2.24) is 14.5 Å². The van der Waals surface area contributed by atoms with E-state index in [-0.39, 0.29) is 0 Å². The van der Waals surface area contributed by atoms with Crippen LogP contribution in [0.4, 0.5) is 5.82 Å². The fourth-order valence-corrected chi connectivity index (χ4v) is 2.73. The molecule has 0 unspecified atom stereocenters. The lowest BCUT2D eigenvalue weighted by Crippen LogP contribution is -2.37. The van der Waals surface area contributed by atoms with Crippen molar-refractivity contribution in [2.75, 3.05) is 17.8 Å². The number of anilines is 1. The third kappa shape index (κ3) is 3.49. The quantitative estimate of drug-likeness (QED) is 0.758. The zero-order chi connectivity index (χ0) is 12.0. The molecule has 1 aromatic heterocycles. The Labute approximate surface area is 96.2 Å². The Kier molecular flexibility index (Phi) is 4.75. The number of rotatable bonds is 7. The molecular formula is C9H18N4O2S. The van der Waals surface area contributed by atoms with Crippen LogP contribution in [0, 0.1) is 0 Å². The van der Waals surface area contributed by atoms with Gasteiger partial charge in [0.1, 0.15) is 5.82 Å². The number of aromatic nitrogens is 2. The molecule has 1 rings (SSSR count). The minimum atomic E-state index is -3.46. The van der Waals surface area contributed by atoms with Gasteiger partial charge in [0.2, 0.25) is 0 Å². The molecule has 0 atom stereocenters. The second-order valence-corrected chi connectivity index (χ2v) is 5.15. The van der Waals surface area contributed by atoms with Gasteiger partial charge in [0.15, 0.2) is 0 Å². The number of hydrogen-bond donors (Lipinski definition) is 2. The van der Waals surface area contributed by atoms with E-state index in [1.54, 1.807) is 6.07 Å². The van der Waals surface area contributed by atoms with Crippen LogP contribution in [-0.4, -0.2) is 36.0 Å². The van der Waals surface area contributed by atoms with Crippen molar-refractivity contribution in [3.63, 3.8) is 0 Å². The van der Waals surface area contributed by atoms with Gasteiger partial charge < -0.3 is 0 Å². The number of nitrogens with zero attached hydrogens (tertiary/aromatic N) is 2. The molecule has 2 N–H and O–H groups in total. The van der Waals surface area contributed by atoms with E-state index in [4.69, 9.17) is 0 Å². The monoisotopic (exact) mass is 246 g/mol. The van der Waals surface area contributed by atoms with E-state index < -0.39 is 10.2 Å². The zero-order valence-electron chi connectivity index (χ0n) is 9.60. The van der Waals surface area contributed by atoms with Crippen molar-refractivity contribution in [1.29, 1.82) is 0 Å². The topological polar surface area (TPSA) is 78.1 Å². The van der Waals surface area contributed by atoms with Crippen LogP contribution < -0.4 is 4.72 Å². The van der Waals surface area contributed by atoms with Gasteiger partial charge >= 0.3 is 10.2 Å². The summed E-state index contributed by atoms with van der Waals surface area (Å²) in [5, 5.41) is 6.25. The lowest BCUT2D eigenvalue weighted by atomic mass is 10.4. The summed E-state index contributed by atoms with van der Waals surface area (Å²) in [6.07, 6.45) is 3.09. The van der Waals surface area contributed by atoms with E-state index in [9.17, 15) is 8.42 Å². The molecule has 0 radical (unpaired) electrons. The summed E-state index contributed by atoms with van der Waals surface area (Å²) in [5.41, 5.74) is 0. The maximum atomic E-state index is 11.9. The van der Waals surface area contributed by atoms with Crippen LogP contribution in [0.25, 0.3) is 0 Å². The van der Waals surface area contributed by atoms with Crippen LogP contribution in [0.1, 0.15) is 26.7 Å². The molecule has 0 amide bonds. The highest BCUT2D eigenvalue weighted by Crippen LogP contribution is 2.08. The average molecular weight is 246 g/mol. The van der Waals surface area contributed by atoms with Gasteiger partial charge in [-0.1, -0.05) is 13.8 Å². The van der Waals surface area contributed by atoms with Gasteiger partial charge in [-0.3, -0.25) is 9.82 Å². The Morgan fingerprint density at radius 3 is 2.44 bits per heavy atom. The number of aromatic amines is 1. The van der Waals surface area contributed by atoms with Gasteiger partial charge in [0.05, 0.1) is 6.20 Å². The Morgan fingerprint density at radius 2 is 2.00 bits per heavy atom. The third-order valence-corrected chi connectivity index (χ3v) is 3.55. The first kappa shape index (κ1) is 13.0. The van der Waals surface area contributed by atoms with E-state index in [0.717, 1.165) is 12.8 Å². The van der Waals surface area contributed by atoms with Crippen LogP contribution in [0.2, 0.25) is 0 Å². The lowest BCUT2D eigenvalue weighted by Gasteiger charge is -2.20. The van der Waals surface area contributed by atoms with Crippen LogP contribution in [-0.2, 0) is 10.2 Å². The van der Waals surface area contributed by atoms with Crippen LogP contribution in [0.3, 0.4) is 0 Å². The molecular weight excluding hydrogens is 228 g/mol. The summed E-state index contributed by atoms with van der Waals surface area (Å²) in [7, 11) is -3.46. The fourth-order valence-electron chi connectivity index (χ4n) is 1.37. The number of H-pyrrole nitrogens is 1. The van der Waals surface area contributed by atoms with Crippen LogP contribution in [0.5, 0.6) is 0 Å². The molecule has 0 aliphatic carbocycles. The normalized spacial score (nSPS) is 11.9. The maximum absolute atomic E-state index is 11.9. The summed E-state index contributed by atoms with van der Waals surface area (Å²) in [6.45, 7) is 4.96. The molecule has 1 heterocycles. The molecule has 0 spiro atoms. The van der Waals surface area contributed by atoms with Crippen molar-refractivity contribution < 1.29 is 8.42 Å². The van der Waals surface area contributed by atoms with Crippen molar-refractivity contribution in [2.24, 2.45) is 0 Å². The zero-order valence-corrected chi connectivity index (χ0v) is 10.4. The molecule has 0 fully saturated rings. The molecule has 92 valence electrons. The highest BCUT2D eigenvalue weighted by molar-refractivity contribution is 7.90. The van der Waals surface area contributed by atoms with Gasteiger partial charge in [-0.25, -0.2) is 0 Å². The molecule has 0 saturated heterocycles. The highest BCUT2D eigenvalue weighted by atomic mass is 32.2. The molecule has 6 nitrogen and oxygen atoms in total. The molecule has 0 saturated carbocycles. The first-order valence-corrected chi connectivity index (χ1v) is 6.81. The van der Waals surface area contributed by atoms with Gasteiger partial charge in [0.25, 0.3) is 0 Å². The maximum Gasteiger partial charge on any atom is 0.302 e. The third-order valence-electron chi connectivity index (χ3n) is 2.03. The van der Waals surface area contributed by atoms with Gasteiger partial charge in [-0.05, 0) is 12.8 Å². The molecule has 0 aliphatic heterocycles. The first-order valence-electron chi connectivity index (χ1n) is 5.37. The van der Waals surface area contributed by atoms with Gasteiger partial charge in [-0.2, -0.15) is 17.8 Å². The van der Waals surface area contributed by atoms with Crippen molar-refractivity contribution in [2.45, 2.75) is 26.7 Å². The molecule has 1 aromatic rings. The molecule has 0 aliphatic rings. The summed E-state index contributed by atoms with van der Waals surface area (Å²) in [5.74, 6) is 0.386. The number of hydrogen-bond acceptors (Lipinski definition) is 3. The van der Waals surface area contributed by atoms with Crippen molar-refractivity contribution >= 4 is 16.0 Å². The van der Waals surface area contributed by atoms with E-state index >= 15 is 0 Å². The van der Waals surface area contributed by atoms with E-state index in [1.807, 2.05) is 13.8 Å². The number of nitrogens with one attached hydrogen (secondary N) is 2. The first-order chi connectivity index (χ1) is 7.60. The summed E-state index contributed by atoms with van der Waals surface area (Å²) < 4.78 is 27.8. The molecule has 7 heteroatoms. The van der Waals surface area contributed by atoms with Gasteiger partial charge in [0, 0.05) is 19.2 Å². The van der Waals surface area contributed by atoms with E-state index in [1.165, 1.54) is 10.5 Å². The summed E-state index contributed by atoms with van der Waals surface area (Å²) in [6, 6.07) is 1.58. The minimum absolute atomic E-state index is 0.386. The van der Waals surface area contributed by atoms with Crippen molar-refractivity contribution in [3.05, 3.63) is 12.3 Å². The Morgan fingerprint density at radius 1 is 1.38 bits per heavy atom. The fraction of sp³-hybridized carbons (Fsp3) is 0.667. The largest absolute Gasteiger partial charge is 0.302 e. The second kappa shape index (κ2) is 5.86. The Balaban J connectivity index is 2.73. The molecule has 0 bridgehead atoms. The second-order valence-electron chi connectivity index (χ2n) is 3.48. The van der Waals surface area contributed by atoms with E-state index in [0.29, 0.717) is 18.9 Å². The lowest BCUT2D eigenvalue weighted by molar-refractivity contribution is 0.413. The average Bonchev–Trinajstić information content (AvgIpc) is 2.69. The summed E-state index contributed by atoms with van der Waals surface area (Å²) >= 11 is 0. The smallest absolute Gasteiger partial charge is 0.262 e. The SMILES string of the molecule is CCCN(CCC)S(=O)(=O)Nc1ccn[nH]1.